The molecule has 268 valence electrons. The minimum atomic E-state index is -0.306. The lowest BCUT2D eigenvalue weighted by Gasteiger charge is -2.20. The number of carbonyl (C=O) groups excluding carboxylic acids is 2. The molecular weight excluding hydrogens is 738 g/mol. The Balaban J connectivity index is 0.993. The fraction of sp³-hybridized carbons (Fsp3) is 0.316. The van der Waals surface area contributed by atoms with E-state index in [4.69, 9.17) is 70.1 Å². The van der Waals surface area contributed by atoms with Gasteiger partial charge >= 0.3 is 0 Å². The Morgan fingerprint density at radius 2 is 0.980 bits per heavy atom. The van der Waals surface area contributed by atoms with E-state index in [0.717, 1.165) is 11.1 Å². The smallest absolute Gasteiger partial charge is 0.234 e. The van der Waals surface area contributed by atoms with Crippen LogP contribution < -0.4 is 28.7 Å². The number of anilines is 2. The maximum Gasteiger partial charge on any atom is 0.234 e. The summed E-state index contributed by atoms with van der Waals surface area (Å²) in [5, 5.41) is 1.76. The highest BCUT2D eigenvalue weighted by molar-refractivity contribution is 6.42. The molecule has 2 heterocycles. The van der Waals surface area contributed by atoms with Gasteiger partial charge in [0.1, 0.15) is 13.2 Å². The molecule has 2 atom stereocenters. The van der Waals surface area contributed by atoms with Crippen LogP contribution in [0.25, 0.3) is 0 Å². The summed E-state index contributed by atoms with van der Waals surface area (Å²) in [6.45, 7) is 2.17. The monoisotopic (exact) mass is 772 g/mol. The molecule has 0 radical (unpaired) electrons. The Labute approximate surface area is 316 Å². The number of rotatable bonds is 14. The second-order valence-corrected chi connectivity index (χ2v) is 13.6. The van der Waals surface area contributed by atoms with Gasteiger partial charge in [-0.15, -0.1) is 0 Å². The summed E-state index contributed by atoms with van der Waals surface area (Å²) < 4.78 is 28.8. The van der Waals surface area contributed by atoms with Gasteiger partial charge in [0.15, 0.2) is 23.0 Å². The maximum atomic E-state index is 13.4. The van der Waals surface area contributed by atoms with Crippen molar-refractivity contribution in [3.8, 4) is 23.0 Å². The second-order valence-electron chi connectivity index (χ2n) is 12.0. The summed E-state index contributed by atoms with van der Waals surface area (Å²) >= 11 is 24.6. The van der Waals surface area contributed by atoms with Gasteiger partial charge in [-0.3, -0.25) is 9.59 Å². The summed E-state index contributed by atoms with van der Waals surface area (Å²) in [4.78, 5) is 30.2. The van der Waals surface area contributed by atoms with E-state index < -0.39 is 0 Å². The minimum absolute atomic E-state index is 0.0190. The van der Waals surface area contributed by atoms with E-state index in [1.165, 1.54) is 0 Å². The molecule has 2 aliphatic heterocycles. The zero-order chi connectivity index (χ0) is 36.1. The molecule has 0 saturated carbocycles. The van der Waals surface area contributed by atoms with Crippen LogP contribution in [0.3, 0.4) is 0 Å². The third kappa shape index (κ3) is 8.29. The van der Waals surface area contributed by atoms with Crippen molar-refractivity contribution >= 4 is 69.6 Å². The van der Waals surface area contributed by atoms with Crippen LogP contribution in [0.2, 0.25) is 20.1 Å². The van der Waals surface area contributed by atoms with Crippen molar-refractivity contribution in [3.63, 3.8) is 0 Å². The first-order chi connectivity index (χ1) is 24.7. The molecule has 2 unspecified atom stereocenters. The van der Waals surface area contributed by atoms with E-state index in [9.17, 15) is 9.59 Å². The number of benzene rings is 4. The Morgan fingerprint density at radius 3 is 1.37 bits per heavy atom. The first-order valence-electron chi connectivity index (χ1n) is 16.4. The number of halogens is 4. The zero-order valence-electron chi connectivity index (χ0n) is 28.0. The van der Waals surface area contributed by atoms with E-state index in [-0.39, 0.29) is 50.1 Å². The Hall–Kier alpha value is -3.86. The van der Waals surface area contributed by atoms with Crippen molar-refractivity contribution in [3.05, 3.63) is 104 Å². The first kappa shape index (κ1) is 36.9. The quantitative estimate of drug-likeness (QED) is 0.118. The van der Waals surface area contributed by atoms with Gasteiger partial charge in [0, 0.05) is 36.6 Å². The molecule has 2 amide bonds. The number of amides is 2. The van der Waals surface area contributed by atoms with E-state index in [1.807, 2.05) is 24.3 Å². The van der Waals surface area contributed by atoms with Gasteiger partial charge in [-0.25, -0.2) is 0 Å². The van der Waals surface area contributed by atoms with Gasteiger partial charge < -0.3 is 33.5 Å². The molecule has 6 rings (SSSR count). The largest absolute Gasteiger partial charge is 0.493 e. The van der Waals surface area contributed by atoms with Crippen LogP contribution in [0.4, 0.5) is 11.4 Å². The predicted molar refractivity (Wildman–Crippen MR) is 200 cm³/mol. The number of nitrogens with zero attached hydrogens (tertiary/aromatic N) is 2. The summed E-state index contributed by atoms with van der Waals surface area (Å²) in [5.74, 6) is 1.44. The summed E-state index contributed by atoms with van der Waals surface area (Å²) in [5.41, 5.74) is 3.10. The summed E-state index contributed by atoms with van der Waals surface area (Å²) in [6.07, 6.45) is 1.31. The number of methoxy groups -OCH3 is 2. The van der Waals surface area contributed by atoms with Gasteiger partial charge in [0.05, 0.1) is 59.4 Å². The molecule has 0 bridgehead atoms. The standard InChI is InChI=1S/C38H36Cl4N2O7/c1-47-33-9-5-25(43-13-11-27(37(43)45)23-3-7-29(39)31(41)19-23)21-35(33)50-17-15-49-16-18-51-36-22-26(6-10-34(36)48-2)44-14-12-28(38(44)46)24-4-8-30(40)32(42)20-24/h3-10,19-22,27-28H,11-18H2,1-2H3. The average Bonchev–Trinajstić information content (AvgIpc) is 3.72. The Morgan fingerprint density at radius 1 is 0.549 bits per heavy atom. The van der Waals surface area contributed by atoms with Crippen molar-refractivity contribution in [1.82, 2.24) is 0 Å². The fourth-order valence-corrected chi connectivity index (χ4v) is 6.98. The lowest BCUT2D eigenvalue weighted by Crippen LogP contribution is -2.26. The molecule has 51 heavy (non-hydrogen) atoms. The van der Waals surface area contributed by atoms with Crippen LogP contribution in [-0.4, -0.2) is 65.6 Å². The average molecular weight is 775 g/mol. The topological polar surface area (TPSA) is 86.8 Å². The minimum Gasteiger partial charge on any atom is -0.493 e. The third-order valence-electron chi connectivity index (χ3n) is 8.99. The number of carbonyl (C=O) groups is 2. The molecule has 0 N–H and O–H groups in total. The van der Waals surface area contributed by atoms with E-state index in [1.54, 1.807) is 72.6 Å². The lowest BCUT2D eigenvalue weighted by atomic mass is 9.98. The number of ether oxygens (including phenoxy) is 5. The normalized spacial score (nSPS) is 17.3. The molecule has 2 aliphatic rings. The van der Waals surface area contributed by atoms with Crippen LogP contribution in [-0.2, 0) is 14.3 Å². The molecule has 4 aromatic rings. The maximum absolute atomic E-state index is 13.4. The van der Waals surface area contributed by atoms with Gasteiger partial charge in [-0.1, -0.05) is 58.5 Å². The zero-order valence-corrected chi connectivity index (χ0v) is 31.0. The van der Waals surface area contributed by atoms with Crippen molar-refractivity contribution in [1.29, 1.82) is 0 Å². The van der Waals surface area contributed by atoms with Crippen molar-refractivity contribution in [2.45, 2.75) is 24.7 Å². The van der Waals surface area contributed by atoms with E-state index in [2.05, 4.69) is 0 Å². The molecule has 13 heteroatoms. The van der Waals surface area contributed by atoms with Crippen LogP contribution in [0.15, 0.2) is 72.8 Å². The molecule has 9 nitrogen and oxygen atoms in total. The Kier molecular flexibility index (Phi) is 12.1. The van der Waals surface area contributed by atoms with E-state index >= 15 is 0 Å². The highest BCUT2D eigenvalue weighted by atomic mass is 35.5. The SMILES string of the molecule is COc1ccc(N2CCC(c3ccc(Cl)c(Cl)c3)C2=O)cc1OCCOCCOc1cc(N2CCC(c3ccc(Cl)c(Cl)c3)C2=O)ccc1OC. The molecule has 4 aromatic carbocycles. The van der Waals surface area contributed by atoms with E-state index in [0.29, 0.717) is 80.4 Å². The fourth-order valence-electron chi connectivity index (χ4n) is 6.36. The Bertz CT molecular complexity index is 1770. The summed E-state index contributed by atoms with van der Waals surface area (Å²) in [6, 6.07) is 21.5. The van der Waals surface area contributed by atoms with Crippen LogP contribution in [0.1, 0.15) is 35.8 Å². The van der Waals surface area contributed by atoms with Gasteiger partial charge in [-0.05, 0) is 72.5 Å². The van der Waals surface area contributed by atoms with Crippen LogP contribution in [0, 0.1) is 0 Å². The highest BCUT2D eigenvalue weighted by Crippen LogP contribution is 2.40. The lowest BCUT2D eigenvalue weighted by molar-refractivity contribution is -0.119. The van der Waals surface area contributed by atoms with Crippen molar-refractivity contribution in [2.24, 2.45) is 0 Å². The molecule has 2 saturated heterocycles. The third-order valence-corrected chi connectivity index (χ3v) is 10.5. The molecule has 2 fully saturated rings. The van der Waals surface area contributed by atoms with Gasteiger partial charge in [0.2, 0.25) is 11.8 Å². The number of hydrogen-bond acceptors (Lipinski definition) is 7. The predicted octanol–water partition coefficient (Wildman–Crippen LogP) is 8.83. The summed E-state index contributed by atoms with van der Waals surface area (Å²) in [7, 11) is 3.13. The van der Waals surface area contributed by atoms with Crippen molar-refractivity contribution < 1.29 is 33.3 Å². The second kappa shape index (κ2) is 16.7. The molecule has 0 spiro atoms. The van der Waals surface area contributed by atoms with Crippen molar-refractivity contribution in [2.75, 3.05) is 63.5 Å². The van der Waals surface area contributed by atoms with Crippen LogP contribution in [0.5, 0.6) is 23.0 Å². The molecule has 0 aliphatic carbocycles. The molecular formula is C38H36Cl4N2O7. The van der Waals surface area contributed by atoms with Crippen LogP contribution >= 0.6 is 46.4 Å². The van der Waals surface area contributed by atoms with Gasteiger partial charge in [-0.2, -0.15) is 0 Å². The van der Waals surface area contributed by atoms with Gasteiger partial charge in [0.25, 0.3) is 0 Å². The number of hydrogen-bond donors (Lipinski definition) is 0. The molecule has 0 aromatic heterocycles. The highest BCUT2D eigenvalue weighted by Gasteiger charge is 2.35. The first-order valence-corrected chi connectivity index (χ1v) is 17.9.